The Morgan fingerprint density at radius 2 is 2.00 bits per heavy atom. The zero-order chi connectivity index (χ0) is 19.4. The normalized spacial score (nSPS) is 12.6. The summed E-state index contributed by atoms with van der Waals surface area (Å²) in [6, 6.07) is 4.86. The Kier molecular flexibility index (Phi) is 10.2. The Hall–Kier alpha value is -2.93. The van der Waals surface area contributed by atoms with Crippen molar-refractivity contribution in [2.45, 2.75) is 12.6 Å². The molecule has 2 rings (SSSR count). The van der Waals surface area contributed by atoms with Crippen LogP contribution in [0.3, 0.4) is 0 Å². The zero-order valence-corrected chi connectivity index (χ0v) is 14.7. The van der Waals surface area contributed by atoms with Gasteiger partial charge in [-0.3, -0.25) is 9.59 Å². The number of rotatable bonds is 6. The van der Waals surface area contributed by atoms with Crippen LogP contribution >= 0.6 is 0 Å². The van der Waals surface area contributed by atoms with Gasteiger partial charge in [-0.25, -0.2) is 0 Å². The lowest BCUT2D eigenvalue weighted by atomic mass is 10.1. The molecule has 7 heteroatoms. The number of allylic oxidation sites excluding steroid dienone is 2. The average molecular weight is 347 g/mol. The number of ether oxygens (including phenoxy) is 1. The Morgan fingerprint density at radius 1 is 1.40 bits per heavy atom. The number of nitrogens with zero attached hydrogens (tertiary/aromatic N) is 1. The molecule has 0 saturated carbocycles. The van der Waals surface area contributed by atoms with Crippen LogP contribution in [0.15, 0.2) is 43.5 Å². The molecule has 1 heterocycles. The van der Waals surface area contributed by atoms with E-state index in [9.17, 15) is 9.59 Å². The van der Waals surface area contributed by atoms with E-state index >= 15 is 0 Å². The van der Waals surface area contributed by atoms with Crippen molar-refractivity contribution in [3.8, 4) is 5.75 Å². The van der Waals surface area contributed by atoms with Crippen molar-refractivity contribution in [3.63, 3.8) is 0 Å². The summed E-state index contributed by atoms with van der Waals surface area (Å²) < 4.78 is 5.11. The smallest absolute Gasteiger partial charge is 0.254 e. The molecule has 0 saturated heterocycles. The summed E-state index contributed by atoms with van der Waals surface area (Å²) in [7, 11) is 3.20. The highest BCUT2D eigenvalue weighted by atomic mass is 16.5. The summed E-state index contributed by atoms with van der Waals surface area (Å²) in [6.45, 7) is 9.48. The topological polar surface area (TPSA) is 102 Å². The number of nitrogens with one attached hydrogen (secondary N) is 1. The van der Waals surface area contributed by atoms with E-state index in [0.29, 0.717) is 17.9 Å². The van der Waals surface area contributed by atoms with Crippen LogP contribution in [-0.4, -0.2) is 50.2 Å². The minimum absolute atomic E-state index is 0.101. The number of benzene rings is 1. The van der Waals surface area contributed by atoms with Crippen LogP contribution < -0.4 is 15.8 Å². The van der Waals surface area contributed by atoms with Gasteiger partial charge in [-0.2, -0.15) is 0 Å². The molecular formula is C18H25N3O4. The number of carbonyl (C=O) groups excluding carboxylic acids is 3. The van der Waals surface area contributed by atoms with Gasteiger partial charge in [0.05, 0.1) is 7.11 Å². The second kappa shape index (κ2) is 11.6. The number of hydrogen-bond acceptors (Lipinski definition) is 5. The van der Waals surface area contributed by atoms with Gasteiger partial charge in [-0.05, 0) is 24.7 Å². The maximum absolute atomic E-state index is 12.2. The fraction of sp³-hybridized carbons (Fsp3) is 0.278. The molecule has 1 unspecified atom stereocenters. The van der Waals surface area contributed by atoms with Gasteiger partial charge in [0.15, 0.2) is 0 Å². The van der Waals surface area contributed by atoms with Gasteiger partial charge in [0.2, 0.25) is 5.91 Å². The van der Waals surface area contributed by atoms with Gasteiger partial charge in [0.1, 0.15) is 18.6 Å². The van der Waals surface area contributed by atoms with Crippen molar-refractivity contribution >= 4 is 18.6 Å². The van der Waals surface area contributed by atoms with Crippen molar-refractivity contribution in [2.75, 3.05) is 20.7 Å². The number of amides is 2. The van der Waals surface area contributed by atoms with Crippen LogP contribution in [0, 0.1) is 0 Å². The highest BCUT2D eigenvalue weighted by Gasteiger charge is 2.30. The molecule has 0 radical (unpaired) electrons. The first kappa shape index (κ1) is 22.1. The molecular weight excluding hydrogens is 322 g/mol. The van der Waals surface area contributed by atoms with E-state index in [4.69, 9.17) is 15.3 Å². The van der Waals surface area contributed by atoms with Crippen molar-refractivity contribution < 1.29 is 19.1 Å². The minimum atomic E-state index is -0.542. The van der Waals surface area contributed by atoms with E-state index < -0.39 is 11.9 Å². The third-order valence-corrected chi connectivity index (χ3v) is 3.46. The first-order valence-corrected chi connectivity index (χ1v) is 7.43. The summed E-state index contributed by atoms with van der Waals surface area (Å²) in [5.74, 6) is 0.0771. The first-order chi connectivity index (χ1) is 12.0. The molecule has 7 nitrogen and oxygen atoms in total. The van der Waals surface area contributed by atoms with E-state index in [-0.39, 0.29) is 12.5 Å². The molecule has 0 fully saturated rings. The lowest BCUT2D eigenvalue weighted by molar-refractivity contribution is -0.120. The van der Waals surface area contributed by atoms with Gasteiger partial charge in [-0.15, -0.1) is 0 Å². The van der Waals surface area contributed by atoms with Gasteiger partial charge >= 0.3 is 0 Å². The Bertz CT molecular complexity index is 610. The summed E-state index contributed by atoms with van der Waals surface area (Å²) in [6.07, 6.45) is 3.28. The van der Waals surface area contributed by atoms with Crippen molar-refractivity contribution in [1.82, 2.24) is 10.2 Å². The number of hydrogen-bond donors (Lipinski definition) is 2. The molecule has 1 aliphatic rings. The molecule has 0 aliphatic carbocycles. The fourth-order valence-corrected chi connectivity index (χ4v) is 2.16. The fourth-order valence-electron chi connectivity index (χ4n) is 2.16. The maximum Gasteiger partial charge on any atom is 0.254 e. The van der Waals surface area contributed by atoms with Gasteiger partial charge in [0.25, 0.3) is 5.91 Å². The molecule has 136 valence electrons. The second-order valence-corrected chi connectivity index (χ2v) is 4.92. The lowest BCUT2D eigenvalue weighted by Gasteiger charge is -2.20. The summed E-state index contributed by atoms with van der Waals surface area (Å²) in [5, 5.41) is 2.81. The number of methoxy groups -OCH3 is 1. The molecule has 1 atom stereocenters. The van der Waals surface area contributed by atoms with Gasteiger partial charge < -0.3 is 25.5 Å². The zero-order valence-electron chi connectivity index (χ0n) is 14.7. The minimum Gasteiger partial charge on any atom is -0.497 e. The van der Waals surface area contributed by atoms with Crippen LogP contribution in [0.1, 0.15) is 15.9 Å². The molecule has 1 aliphatic heterocycles. The standard InChI is InChI=1S/C13H17N3O3.C4H6.CH2O/c1-15-11(12(14)17)7-16-6-8-3-4-9(19-2)5-10(8)13(16)18;1-3-4-2;1-2/h3-5,11,15H,6-7H2,1-2H3,(H2,14,17);3-4H,1-2H2;1H2. The number of nitrogens with two attached hydrogens (primary N) is 1. The molecule has 25 heavy (non-hydrogen) atoms. The lowest BCUT2D eigenvalue weighted by Crippen LogP contribution is -2.47. The maximum atomic E-state index is 12.2. The summed E-state index contributed by atoms with van der Waals surface area (Å²) >= 11 is 0. The highest BCUT2D eigenvalue weighted by molar-refractivity contribution is 5.99. The largest absolute Gasteiger partial charge is 0.497 e. The number of primary amides is 1. The number of likely N-dealkylation sites (N-methyl/N-ethyl adjacent to an activating group) is 1. The van der Waals surface area contributed by atoms with Crippen molar-refractivity contribution in [1.29, 1.82) is 0 Å². The Balaban J connectivity index is 0.000000845. The Morgan fingerprint density at radius 3 is 2.44 bits per heavy atom. The predicted molar refractivity (Wildman–Crippen MR) is 97.3 cm³/mol. The van der Waals surface area contributed by atoms with E-state index in [1.165, 1.54) is 0 Å². The predicted octanol–water partition coefficient (Wildman–Crippen LogP) is 0.898. The molecule has 0 bridgehead atoms. The van der Waals surface area contributed by atoms with Crippen molar-refractivity contribution in [3.05, 3.63) is 54.6 Å². The van der Waals surface area contributed by atoms with Crippen LogP contribution in [-0.2, 0) is 16.1 Å². The monoisotopic (exact) mass is 347 g/mol. The summed E-state index contributed by atoms with van der Waals surface area (Å²) in [5.41, 5.74) is 6.82. The second-order valence-electron chi connectivity index (χ2n) is 4.92. The van der Waals surface area contributed by atoms with E-state index in [2.05, 4.69) is 18.5 Å². The molecule has 2 amide bonds. The van der Waals surface area contributed by atoms with E-state index in [1.807, 2.05) is 18.9 Å². The van der Waals surface area contributed by atoms with Crippen LogP contribution in [0.4, 0.5) is 0 Å². The van der Waals surface area contributed by atoms with Crippen LogP contribution in [0.5, 0.6) is 5.75 Å². The molecule has 3 N–H and O–H groups in total. The quantitative estimate of drug-likeness (QED) is 0.745. The molecule has 1 aromatic rings. The molecule has 0 aromatic heterocycles. The van der Waals surface area contributed by atoms with Gasteiger partial charge in [0, 0.05) is 18.7 Å². The molecule has 0 spiro atoms. The van der Waals surface area contributed by atoms with E-state index in [0.717, 1.165) is 5.56 Å². The van der Waals surface area contributed by atoms with Crippen LogP contribution in [0.2, 0.25) is 0 Å². The number of carbonyl (C=O) groups is 3. The molecule has 1 aromatic carbocycles. The SMILES string of the molecule is C=CC=C.C=O.CNC(CN1Cc2ccc(OC)cc2C1=O)C(N)=O. The number of fused-ring (bicyclic) bond motifs is 1. The Labute approximate surface area is 148 Å². The van der Waals surface area contributed by atoms with Crippen LogP contribution in [0.25, 0.3) is 0 Å². The third kappa shape index (κ3) is 6.23. The van der Waals surface area contributed by atoms with Gasteiger partial charge in [-0.1, -0.05) is 31.4 Å². The third-order valence-electron chi connectivity index (χ3n) is 3.46. The highest BCUT2D eigenvalue weighted by Crippen LogP contribution is 2.26. The first-order valence-electron chi connectivity index (χ1n) is 7.43. The van der Waals surface area contributed by atoms with E-state index in [1.54, 1.807) is 37.3 Å². The average Bonchev–Trinajstić information content (AvgIpc) is 2.96. The summed E-state index contributed by atoms with van der Waals surface area (Å²) in [4.78, 5) is 33.0. The van der Waals surface area contributed by atoms with Crippen molar-refractivity contribution in [2.24, 2.45) is 5.73 Å².